The van der Waals surface area contributed by atoms with E-state index in [0.717, 1.165) is 44.0 Å². The molecule has 4 rings (SSSR count). The van der Waals surface area contributed by atoms with Crippen molar-refractivity contribution in [3.05, 3.63) is 102 Å². The molecule has 2 amide bonds. The maximum atomic E-state index is 12.7. The lowest BCUT2D eigenvalue weighted by Crippen LogP contribution is -2.38. The standard InChI is InChI=1S/C29H32N4O/c30-22-25-10-7-13-27(21-25)31-29(34)32-28(26-11-5-2-6-12-26)16-19-33-17-14-24(15-18-33)20-23-8-3-1-4-9-23/h1-13,21,24,28H,14-20H2,(H2,31,32,34). The second-order valence-electron chi connectivity index (χ2n) is 9.02. The van der Waals surface area contributed by atoms with E-state index in [1.807, 2.05) is 18.2 Å². The summed E-state index contributed by atoms with van der Waals surface area (Å²) in [6.07, 6.45) is 4.44. The number of nitriles is 1. The zero-order valence-electron chi connectivity index (χ0n) is 19.5. The number of urea groups is 1. The van der Waals surface area contributed by atoms with Gasteiger partial charge in [0.15, 0.2) is 0 Å². The van der Waals surface area contributed by atoms with Crippen LogP contribution in [0.3, 0.4) is 0 Å². The van der Waals surface area contributed by atoms with Crippen molar-refractivity contribution >= 4 is 11.7 Å². The highest BCUT2D eigenvalue weighted by atomic mass is 16.2. The van der Waals surface area contributed by atoms with Crippen LogP contribution < -0.4 is 10.6 Å². The van der Waals surface area contributed by atoms with Crippen LogP contribution in [0.15, 0.2) is 84.9 Å². The molecule has 1 saturated heterocycles. The summed E-state index contributed by atoms with van der Waals surface area (Å²) in [6.45, 7) is 3.15. The summed E-state index contributed by atoms with van der Waals surface area (Å²) in [6, 6.07) is 29.6. The minimum absolute atomic E-state index is 0.0811. The fourth-order valence-electron chi connectivity index (χ4n) is 4.67. The molecule has 5 heteroatoms. The molecular weight excluding hydrogens is 420 g/mol. The molecule has 0 aromatic heterocycles. The number of anilines is 1. The second-order valence-corrected chi connectivity index (χ2v) is 9.02. The topological polar surface area (TPSA) is 68.2 Å². The average molecular weight is 453 g/mol. The van der Waals surface area contributed by atoms with Crippen LogP contribution in [0.25, 0.3) is 0 Å². The van der Waals surface area contributed by atoms with Crippen LogP contribution in [0.1, 0.15) is 42.0 Å². The van der Waals surface area contributed by atoms with Crippen molar-refractivity contribution in [3.63, 3.8) is 0 Å². The summed E-state index contributed by atoms with van der Waals surface area (Å²) in [5.74, 6) is 0.747. The normalized spacial score (nSPS) is 15.3. The van der Waals surface area contributed by atoms with Crippen molar-refractivity contribution in [2.24, 2.45) is 5.92 Å². The van der Waals surface area contributed by atoms with E-state index in [4.69, 9.17) is 5.26 Å². The Bertz CT molecular complexity index is 1090. The Balaban J connectivity index is 1.30. The minimum Gasteiger partial charge on any atom is -0.331 e. The molecule has 1 atom stereocenters. The highest BCUT2D eigenvalue weighted by Gasteiger charge is 2.21. The van der Waals surface area contributed by atoms with Crippen molar-refractivity contribution < 1.29 is 4.79 Å². The van der Waals surface area contributed by atoms with E-state index in [-0.39, 0.29) is 12.1 Å². The maximum absolute atomic E-state index is 12.7. The molecule has 0 bridgehead atoms. The number of hydrogen-bond acceptors (Lipinski definition) is 3. The van der Waals surface area contributed by atoms with E-state index in [1.54, 1.807) is 24.3 Å². The van der Waals surface area contributed by atoms with E-state index < -0.39 is 0 Å². The Hall–Kier alpha value is -3.62. The number of nitrogens with zero attached hydrogens (tertiary/aromatic N) is 2. The summed E-state index contributed by atoms with van der Waals surface area (Å²) in [5.41, 5.74) is 3.67. The van der Waals surface area contributed by atoms with Crippen LogP contribution in [-0.4, -0.2) is 30.6 Å². The van der Waals surface area contributed by atoms with Gasteiger partial charge in [0, 0.05) is 12.2 Å². The van der Waals surface area contributed by atoms with Gasteiger partial charge < -0.3 is 15.5 Å². The lowest BCUT2D eigenvalue weighted by Gasteiger charge is -2.33. The van der Waals surface area contributed by atoms with E-state index in [9.17, 15) is 4.79 Å². The van der Waals surface area contributed by atoms with Crippen molar-refractivity contribution in [1.29, 1.82) is 5.26 Å². The van der Waals surface area contributed by atoms with Gasteiger partial charge in [0.2, 0.25) is 0 Å². The number of carbonyl (C=O) groups is 1. The van der Waals surface area contributed by atoms with E-state index in [0.29, 0.717) is 11.3 Å². The number of likely N-dealkylation sites (tertiary alicyclic amines) is 1. The van der Waals surface area contributed by atoms with Crippen LogP contribution in [0, 0.1) is 17.2 Å². The first kappa shape index (κ1) is 23.5. The highest BCUT2D eigenvalue weighted by molar-refractivity contribution is 5.89. The molecule has 34 heavy (non-hydrogen) atoms. The monoisotopic (exact) mass is 452 g/mol. The Morgan fingerprint density at radius 2 is 1.68 bits per heavy atom. The van der Waals surface area contributed by atoms with Crippen molar-refractivity contribution in [1.82, 2.24) is 10.2 Å². The van der Waals surface area contributed by atoms with Gasteiger partial charge in [-0.3, -0.25) is 0 Å². The molecule has 1 aliphatic rings. The van der Waals surface area contributed by atoms with Crippen molar-refractivity contribution in [2.75, 3.05) is 25.0 Å². The van der Waals surface area contributed by atoms with Gasteiger partial charge in [-0.15, -0.1) is 0 Å². The molecule has 1 unspecified atom stereocenters. The van der Waals surface area contributed by atoms with Crippen LogP contribution >= 0.6 is 0 Å². The van der Waals surface area contributed by atoms with Gasteiger partial charge in [0.1, 0.15) is 0 Å². The zero-order valence-corrected chi connectivity index (χ0v) is 19.5. The largest absolute Gasteiger partial charge is 0.331 e. The third-order valence-corrected chi connectivity index (χ3v) is 6.57. The number of carbonyl (C=O) groups excluding carboxylic acids is 1. The summed E-state index contributed by atoms with van der Waals surface area (Å²) < 4.78 is 0. The first-order valence-electron chi connectivity index (χ1n) is 12.1. The molecule has 1 heterocycles. The average Bonchev–Trinajstić information content (AvgIpc) is 2.88. The smallest absolute Gasteiger partial charge is 0.319 e. The number of benzene rings is 3. The molecule has 2 N–H and O–H groups in total. The van der Waals surface area contributed by atoms with E-state index >= 15 is 0 Å². The van der Waals surface area contributed by atoms with Gasteiger partial charge in [-0.1, -0.05) is 66.7 Å². The first-order valence-corrected chi connectivity index (χ1v) is 12.1. The maximum Gasteiger partial charge on any atom is 0.319 e. The highest BCUT2D eigenvalue weighted by Crippen LogP contribution is 2.24. The second kappa shape index (κ2) is 12.0. The number of piperidine rings is 1. The van der Waals surface area contributed by atoms with Crippen LogP contribution in [0.4, 0.5) is 10.5 Å². The fraction of sp³-hybridized carbons (Fsp3) is 0.310. The molecule has 1 aliphatic heterocycles. The SMILES string of the molecule is N#Cc1cccc(NC(=O)NC(CCN2CCC(Cc3ccccc3)CC2)c2ccccc2)c1. The van der Waals surface area contributed by atoms with E-state index in [1.165, 1.54) is 18.4 Å². The van der Waals surface area contributed by atoms with Crippen LogP contribution in [-0.2, 0) is 6.42 Å². The van der Waals surface area contributed by atoms with Gasteiger partial charge in [0.25, 0.3) is 0 Å². The number of nitrogens with one attached hydrogen (secondary N) is 2. The summed E-state index contributed by atoms with van der Waals surface area (Å²) >= 11 is 0. The molecule has 0 radical (unpaired) electrons. The molecule has 3 aromatic carbocycles. The Labute approximate surface area is 202 Å². The predicted molar refractivity (Wildman–Crippen MR) is 136 cm³/mol. The molecule has 0 spiro atoms. The Kier molecular flexibility index (Phi) is 8.32. The minimum atomic E-state index is -0.259. The third kappa shape index (κ3) is 6.94. The van der Waals surface area contributed by atoms with Gasteiger partial charge in [-0.25, -0.2) is 4.79 Å². The summed E-state index contributed by atoms with van der Waals surface area (Å²) in [4.78, 5) is 15.3. The van der Waals surface area contributed by atoms with Gasteiger partial charge in [0.05, 0.1) is 17.7 Å². The van der Waals surface area contributed by atoms with Crippen molar-refractivity contribution in [3.8, 4) is 6.07 Å². The predicted octanol–water partition coefficient (Wildman–Crippen LogP) is 5.77. The quantitative estimate of drug-likeness (QED) is 0.456. The number of hydrogen-bond donors (Lipinski definition) is 2. The van der Waals surface area contributed by atoms with E-state index in [2.05, 4.69) is 64.1 Å². The molecule has 0 aliphatic carbocycles. The van der Waals surface area contributed by atoms with Gasteiger partial charge >= 0.3 is 6.03 Å². The zero-order chi connectivity index (χ0) is 23.6. The van der Waals surface area contributed by atoms with Gasteiger partial charge in [-0.2, -0.15) is 5.26 Å². The first-order chi connectivity index (χ1) is 16.7. The summed E-state index contributed by atoms with van der Waals surface area (Å²) in [7, 11) is 0. The number of amides is 2. The Morgan fingerprint density at radius 3 is 2.38 bits per heavy atom. The fourth-order valence-corrected chi connectivity index (χ4v) is 4.67. The molecule has 0 saturated carbocycles. The molecule has 1 fully saturated rings. The van der Waals surface area contributed by atoms with Crippen LogP contribution in [0.2, 0.25) is 0 Å². The molecular formula is C29H32N4O. The third-order valence-electron chi connectivity index (χ3n) is 6.57. The summed E-state index contributed by atoms with van der Waals surface area (Å²) in [5, 5.41) is 15.1. The molecule has 5 nitrogen and oxygen atoms in total. The molecule has 3 aromatic rings. The number of rotatable bonds is 8. The lowest BCUT2D eigenvalue weighted by molar-refractivity contribution is 0.176. The lowest BCUT2D eigenvalue weighted by atomic mass is 9.90. The van der Waals surface area contributed by atoms with Gasteiger partial charge in [-0.05, 0) is 74.0 Å². The van der Waals surface area contributed by atoms with Crippen LogP contribution in [0.5, 0.6) is 0 Å². The Morgan fingerprint density at radius 1 is 0.971 bits per heavy atom. The molecule has 174 valence electrons. The van der Waals surface area contributed by atoms with Crippen molar-refractivity contribution in [2.45, 2.75) is 31.7 Å².